The molecule has 8 nitrogen and oxygen atoms in total. The molecule has 3 heterocycles. The Hall–Kier alpha value is -4.24. The van der Waals surface area contributed by atoms with Crippen LogP contribution in [0.5, 0.6) is 11.5 Å². The zero-order valence-electron chi connectivity index (χ0n) is 18.7. The smallest absolute Gasteiger partial charge is 0.259 e. The molecule has 9 heteroatoms. The quantitative estimate of drug-likeness (QED) is 0.344. The third-order valence-electron chi connectivity index (χ3n) is 5.34. The molecule has 170 valence electrons. The first-order valence-electron chi connectivity index (χ1n) is 10.4. The number of methoxy groups -OCH3 is 2. The third kappa shape index (κ3) is 3.97. The summed E-state index contributed by atoms with van der Waals surface area (Å²) in [6.07, 6.45) is 0. The van der Waals surface area contributed by atoms with Gasteiger partial charge in [0.05, 0.1) is 42.3 Å². The minimum atomic E-state index is -0.325. The summed E-state index contributed by atoms with van der Waals surface area (Å²) in [5.41, 5.74) is 4.24. The summed E-state index contributed by atoms with van der Waals surface area (Å²) in [5, 5.41) is 9.78. The fourth-order valence-electron chi connectivity index (χ4n) is 3.66. The first kappa shape index (κ1) is 21.6. The van der Waals surface area contributed by atoms with Crippen molar-refractivity contribution in [2.45, 2.75) is 6.92 Å². The number of rotatable bonds is 6. The molecule has 0 saturated carbocycles. The summed E-state index contributed by atoms with van der Waals surface area (Å²) in [5.74, 6) is 1.02. The molecule has 0 aliphatic heterocycles. The van der Waals surface area contributed by atoms with Gasteiger partial charge in [-0.1, -0.05) is 35.5 Å². The Balaban J connectivity index is 1.50. The second kappa shape index (κ2) is 8.95. The number of fused-ring (bicyclic) bond motifs is 1. The van der Waals surface area contributed by atoms with Gasteiger partial charge >= 0.3 is 0 Å². The fourth-order valence-corrected chi connectivity index (χ4v) is 4.37. The van der Waals surface area contributed by atoms with Gasteiger partial charge in [-0.15, -0.1) is 11.3 Å². The van der Waals surface area contributed by atoms with Gasteiger partial charge in [-0.05, 0) is 31.2 Å². The van der Waals surface area contributed by atoms with Gasteiger partial charge in [0.15, 0.2) is 5.13 Å². The Bertz CT molecular complexity index is 1490. The molecule has 2 aromatic carbocycles. The molecule has 0 aliphatic rings. The van der Waals surface area contributed by atoms with Crippen LogP contribution in [0.25, 0.3) is 33.6 Å². The van der Waals surface area contributed by atoms with Crippen LogP contribution in [-0.2, 0) is 0 Å². The summed E-state index contributed by atoms with van der Waals surface area (Å²) in [7, 11) is 3.20. The van der Waals surface area contributed by atoms with Gasteiger partial charge in [0.25, 0.3) is 11.6 Å². The normalized spacial score (nSPS) is 10.9. The van der Waals surface area contributed by atoms with E-state index >= 15 is 0 Å². The number of carbonyl (C=O) groups excluding carboxylic acids is 1. The molecule has 0 bridgehead atoms. The molecule has 1 amide bonds. The van der Waals surface area contributed by atoms with E-state index in [1.54, 1.807) is 27.2 Å². The second-order valence-corrected chi connectivity index (χ2v) is 8.29. The van der Waals surface area contributed by atoms with E-state index in [1.165, 1.54) is 11.3 Å². The van der Waals surface area contributed by atoms with Crippen molar-refractivity contribution in [3.05, 3.63) is 71.2 Å². The lowest BCUT2D eigenvalue weighted by Gasteiger charge is -2.08. The maximum atomic E-state index is 13.3. The van der Waals surface area contributed by atoms with Crippen LogP contribution in [0.15, 0.2) is 64.5 Å². The number of ether oxygens (including phenoxy) is 2. The molecule has 3 aromatic heterocycles. The van der Waals surface area contributed by atoms with Gasteiger partial charge in [-0.25, -0.2) is 9.97 Å². The number of pyridine rings is 1. The van der Waals surface area contributed by atoms with Crippen LogP contribution in [0.1, 0.15) is 16.1 Å². The molecule has 0 unspecified atom stereocenters. The fraction of sp³-hybridized carbons (Fsp3) is 0.120. The highest BCUT2D eigenvalue weighted by Gasteiger charge is 2.21. The first-order chi connectivity index (χ1) is 16.6. The minimum absolute atomic E-state index is 0.310. The number of carbonyl (C=O) groups is 1. The minimum Gasteiger partial charge on any atom is -0.497 e. The molecule has 0 saturated heterocycles. The van der Waals surface area contributed by atoms with Crippen molar-refractivity contribution in [1.29, 1.82) is 0 Å². The average molecular weight is 473 g/mol. The number of hydrogen-bond acceptors (Lipinski definition) is 8. The Morgan fingerprint density at radius 3 is 2.59 bits per heavy atom. The summed E-state index contributed by atoms with van der Waals surface area (Å²) in [4.78, 5) is 22.5. The predicted octanol–water partition coefficient (Wildman–Crippen LogP) is 5.59. The molecule has 0 fully saturated rings. The number of aryl methyl sites for hydroxylation is 1. The van der Waals surface area contributed by atoms with Gasteiger partial charge in [0.2, 0.25) is 0 Å². The summed E-state index contributed by atoms with van der Waals surface area (Å²) in [6, 6.07) is 16.8. The van der Waals surface area contributed by atoms with Gasteiger partial charge in [0, 0.05) is 16.5 Å². The standard InChI is InChI=1S/C25H20N4O4S/c1-14-22-18(12-19(26-24(22)33-29-14)15-7-5-4-6-8-15)23(30)28-25-27-20(13-34-25)17-11-16(31-2)9-10-21(17)32-3/h4-13H,1-3H3,(H,27,28,30). The monoisotopic (exact) mass is 472 g/mol. The molecule has 0 radical (unpaired) electrons. The number of aromatic nitrogens is 3. The van der Waals surface area contributed by atoms with E-state index in [1.807, 2.05) is 53.9 Å². The van der Waals surface area contributed by atoms with Crippen molar-refractivity contribution in [2.75, 3.05) is 19.5 Å². The van der Waals surface area contributed by atoms with Gasteiger partial charge in [-0.3, -0.25) is 10.1 Å². The SMILES string of the molecule is COc1ccc(OC)c(-c2csc(NC(=O)c3cc(-c4ccccc4)nc4onc(C)c34)n2)c1. The highest BCUT2D eigenvalue weighted by atomic mass is 32.1. The Morgan fingerprint density at radius 2 is 1.82 bits per heavy atom. The van der Waals surface area contributed by atoms with Crippen LogP contribution in [-0.4, -0.2) is 35.3 Å². The number of anilines is 1. The summed E-state index contributed by atoms with van der Waals surface area (Å²) < 4.78 is 16.2. The van der Waals surface area contributed by atoms with Gasteiger partial charge in [0.1, 0.15) is 11.5 Å². The zero-order chi connectivity index (χ0) is 23.7. The van der Waals surface area contributed by atoms with Crippen molar-refractivity contribution in [3.8, 4) is 34.0 Å². The van der Waals surface area contributed by atoms with E-state index in [2.05, 4.69) is 20.4 Å². The molecule has 5 rings (SSSR count). The maximum Gasteiger partial charge on any atom is 0.259 e. The van der Waals surface area contributed by atoms with Crippen molar-refractivity contribution in [3.63, 3.8) is 0 Å². The number of nitrogens with zero attached hydrogens (tertiary/aromatic N) is 3. The molecular weight excluding hydrogens is 452 g/mol. The van der Waals surface area contributed by atoms with Crippen LogP contribution in [0.4, 0.5) is 5.13 Å². The molecule has 0 atom stereocenters. The largest absolute Gasteiger partial charge is 0.497 e. The maximum absolute atomic E-state index is 13.3. The van der Waals surface area contributed by atoms with E-state index < -0.39 is 0 Å². The highest BCUT2D eigenvalue weighted by Crippen LogP contribution is 2.35. The van der Waals surface area contributed by atoms with Gasteiger partial charge < -0.3 is 14.0 Å². The lowest BCUT2D eigenvalue weighted by Crippen LogP contribution is -2.13. The van der Waals surface area contributed by atoms with Crippen LogP contribution in [0.2, 0.25) is 0 Å². The van der Waals surface area contributed by atoms with Gasteiger partial charge in [-0.2, -0.15) is 0 Å². The molecule has 1 N–H and O–H groups in total. The predicted molar refractivity (Wildman–Crippen MR) is 131 cm³/mol. The lowest BCUT2D eigenvalue weighted by atomic mass is 10.1. The van der Waals surface area contributed by atoms with Crippen LogP contribution >= 0.6 is 11.3 Å². The van der Waals surface area contributed by atoms with Crippen molar-refractivity contribution in [2.24, 2.45) is 0 Å². The van der Waals surface area contributed by atoms with E-state index in [0.29, 0.717) is 50.4 Å². The van der Waals surface area contributed by atoms with Crippen LogP contribution in [0, 0.1) is 6.92 Å². The van der Waals surface area contributed by atoms with Crippen LogP contribution in [0.3, 0.4) is 0 Å². The average Bonchev–Trinajstić information content (AvgIpc) is 3.50. The molecule has 0 spiro atoms. The van der Waals surface area contributed by atoms with E-state index in [4.69, 9.17) is 14.0 Å². The Kier molecular flexibility index (Phi) is 5.69. The first-order valence-corrected chi connectivity index (χ1v) is 11.3. The number of nitrogens with one attached hydrogen (secondary N) is 1. The number of hydrogen-bond donors (Lipinski definition) is 1. The lowest BCUT2D eigenvalue weighted by molar-refractivity contribution is 0.102. The molecule has 0 aliphatic carbocycles. The van der Waals surface area contributed by atoms with Crippen molar-refractivity contribution >= 4 is 33.5 Å². The molecule has 34 heavy (non-hydrogen) atoms. The Labute approximate surface area is 199 Å². The molecular formula is C25H20N4O4S. The number of amides is 1. The zero-order valence-corrected chi connectivity index (χ0v) is 19.5. The van der Waals surface area contributed by atoms with E-state index in [9.17, 15) is 4.79 Å². The topological polar surface area (TPSA) is 99.4 Å². The highest BCUT2D eigenvalue weighted by molar-refractivity contribution is 7.14. The van der Waals surface area contributed by atoms with Crippen molar-refractivity contribution in [1.82, 2.24) is 15.1 Å². The third-order valence-corrected chi connectivity index (χ3v) is 6.10. The summed E-state index contributed by atoms with van der Waals surface area (Å²) >= 11 is 1.32. The van der Waals surface area contributed by atoms with E-state index in [0.717, 1.165) is 11.1 Å². The van der Waals surface area contributed by atoms with E-state index in [-0.39, 0.29) is 5.91 Å². The summed E-state index contributed by atoms with van der Waals surface area (Å²) in [6.45, 7) is 1.78. The van der Waals surface area contributed by atoms with Crippen molar-refractivity contribution < 1.29 is 18.8 Å². The van der Waals surface area contributed by atoms with Crippen LogP contribution < -0.4 is 14.8 Å². The second-order valence-electron chi connectivity index (χ2n) is 7.43. The number of benzene rings is 2. The molecule has 5 aromatic rings. The number of thiazole rings is 1. The Morgan fingerprint density at radius 1 is 1.00 bits per heavy atom.